The molecule has 0 bridgehead atoms. The maximum atomic E-state index is 6.02. The molecule has 2 nitrogen and oxygen atoms in total. The van der Waals surface area contributed by atoms with E-state index in [1.54, 1.807) is 21.9 Å². The molecule has 1 aromatic rings. The van der Waals surface area contributed by atoms with E-state index in [-0.39, 0.29) is 37.3 Å². The summed E-state index contributed by atoms with van der Waals surface area (Å²) >= 11 is 0. The molecule has 2 fully saturated rings. The maximum Gasteiger partial charge on any atom is 0.162 e. The third kappa shape index (κ3) is 4.16. The van der Waals surface area contributed by atoms with Crippen LogP contribution in [0.25, 0.3) is 0 Å². The molecule has 0 N–H and O–H groups in total. The van der Waals surface area contributed by atoms with Gasteiger partial charge >= 0.3 is 0 Å². The molecule has 1 spiro atoms. The number of hydrogen-bond donors (Lipinski definition) is 0. The quantitative estimate of drug-likeness (QED) is 0.630. The molecule has 1 aromatic carbocycles. The van der Waals surface area contributed by atoms with Crippen LogP contribution >= 0.6 is 0 Å². The molecule has 1 atom stereocenters. The van der Waals surface area contributed by atoms with Gasteiger partial charge in [-0.25, -0.2) is 0 Å². The number of halogens is 1. The van der Waals surface area contributed by atoms with Gasteiger partial charge in [0.05, 0.1) is 21.3 Å². The van der Waals surface area contributed by atoms with Crippen LogP contribution in [0.3, 0.4) is 0 Å². The summed E-state index contributed by atoms with van der Waals surface area (Å²) < 4.78 is 12.0. The van der Waals surface area contributed by atoms with Gasteiger partial charge in [-0.15, -0.1) is 0 Å². The number of benzene rings is 1. The second-order valence-corrected chi connectivity index (χ2v) is 13.8. The standard InChI is InChI=1S/C22H31O2Si.ClH.Zn/c1-16-19-13-22(14-23-21(2,3)24-15-22)12-17(19)11-20(16)25(4,5)18-9-7-6-8-10-18;;/h6-10,17H,11-15H2,1-5H3;1H;/p-1. The van der Waals surface area contributed by atoms with E-state index in [0.717, 1.165) is 19.1 Å². The molecule has 27 heavy (non-hydrogen) atoms. The Kier molecular flexibility index (Phi) is 6.93. The minimum atomic E-state index is -1.56. The Morgan fingerprint density at radius 2 is 1.63 bits per heavy atom. The first-order chi connectivity index (χ1) is 11.7. The zero-order valence-electron chi connectivity index (χ0n) is 17.4. The number of ether oxygens (including phenoxy) is 2. The second kappa shape index (κ2) is 8.03. The fourth-order valence-corrected chi connectivity index (χ4v) is 8.43. The largest absolute Gasteiger partial charge is 1.00 e. The zero-order valence-corrected chi connectivity index (χ0v) is 22.1. The number of rotatable bonds is 2. The van der Waals surface area contributed by atoms with Gasteiger partial charge in [-0.3, -0.25) is 0 Å². The van der Waals surface area contributed by atoms with Crippen LogP contribution in [0.5, 0.6) is 0 Å². The predicted octanol–water partition coefficient (Wildman–Crippen LogP) is 1.62. The van der Waals surface area contributed by atoms with Crippen molar-refractivity contribution < 1.29 is 41.4 Å². The molecule has 1 radical (unpaired) electrons. The molecule has 3 aliphatic rings. The van der Waals surface area contributed by atoms with E-state index in [1.807, 2.05) is 13.8 Å². The van der Waals surface area contributed by atoms with E-state index in [0.29, 0.717) is 0 Å². The predicted molar refractivity (Wildman–Crippen MR) is 105 cm³/mol. The van der Waals surface area contributed by atoms with E-state index in [4.69, 9.17) is 9.47 Å². The topological polar surface area (TPSA) is 18.5 Å². The van der Waals surface area contributed by atoms with Crippen LogP contribution in [-0.4, -0.2) is 27.1 Å². The molecule has 2 aliphatic carbocycles. The third-order valence-electron chi connectivity index (χ3n) is 6.82. The molecule has 145 valence electrons. The fraction of sp³-hybridized carbons (Fsp3) is 0.591. The van der Waals surface area contributed by atoms with Crippen LogP contribution in [0.15, 0.2) is 41.5 Å². The Morgan fingerprint density at radius 1 is 1.04 bits per heavy atom. The first-order valence-electron chi connectivity index (χ1n) is 9.62. The van der Waals surface area contributed by atoms with Crippen molar-refractivity contribution in [1.82, 2.24) is 0 Å². The third-order valence-corrected chi connectivity index (χ3v) is 10.7. The van der Waals surface area contributed by atoms with Crippen LogP contribution in [0.1, 0.15) is 40.0 Å². The molecule has 0 amide bonds. The maximum absolute atomic E-state index is 6.02. The van der Waals surface area contributed by atoms with Crippen molar-refractivity contribution >= 4 is 13.3 Å². The Labute approximate surface area is 184 Å². The van der Waals surface area contributed by atoms with Crippen molar-refractivity contribution in [2.24, 2.45) is 11.3 Å². The Bertz CT molecular complexity index is 692. The van der Waals surface area contributed by atoms with Gasteiger partial charge in [-0.05, 0) is 51.5 Å². The van der Waals surface area contributed by atoms with Crippen LogP contribution in [-0.2, 0) is 29.0 Å². The second-order valence-electron chi connectivity index (χ2n) is 9.38. The van der Waals surface area contributed by atoms with Crippen molar-refractivity contribution in [3.05, 3.63) is 47.0 Å². The van der Waals surface area contributed by atoms with Crippen molar-refractivity contribution in [2.45, 2.75) is 58.9 Å². The summed E-state index contributed by atoms with van der Waals surface area (Å²) in [5, 5.41) is 1.56. The van der Waals surface area contributed by atoms with E-state index < -0.39 is 13.9 Å². The Morgan fingerprint density at radius 3 is 2.19 bits per heavy atom. The normalized spacial score (nSPS) is 26.5. The zero-order chi connectivity index (χ0) is 17.9. The monoisotopic (exact) mass is 454 g/mol. The van der Waals surface area contributed by atoms with E-state index >= 15 is 0 Å². The molecule has 5 heteroatoms. The molecule has 0 aromatic heterocycles. The molecular weight excluding hydrogens is 425 g/mol. The van der Waals surface area contributed by atoms with Crippen LogP contribution in [0.2, 0.25) is 13.1 Å². The fourth-order valence-electron chi connectivity index (χ4n) is 5.20. The summed E-state index contributed by atoms with van der Waals surface area (Å²) in [5.41, 5.74) is 5.32. The summed E-state index contributed by atoms with van der Waals surface area (Å²) in [6, 6.07) is 11.2. The van der Waals surface area contributed by atoms with Crippen LogP contribution < -0.4 is 17.6 Å². The summed E-state index contributed by atoms with van der Waals surface area (Å²) in [5.74, 6) is 0.310. The van der Waals surface area contributed by atoms with E-state index in [1.165, 1.54) is 19.3 Å². The van der Waals surface area contributed by atoms with Gasteiger partial charge in [0, 0.05) is 24.9 Å². The van der Waals surface area contributed by atoms with Crippen molar-refractivity contribution in [1.29, 1.82) is 0 Å². The van der Waals surface area contributed by atoms with Gasteiger partial charge < -0.3 is 21.9 Å². The van der Waals surface area contributed by atoms with E-state index in [9.17, 15) is 0 Å². The molecular formula is C22H31ClO2SiZn-. The summed E-state index contributed by atoms with van der Waals surface area (Å²) in [6.45, 7) is 13.2. The van der Waals surface area contributed by atoms with Gasteiger partial charge in [-0.2, -0.15) is 0 Å². The Balaban J connectivity index is 0.00000131. The minimum absolute atomic E-state index is 0. The molecule has 1 heterocycles. The average molecular weight is 456 g/mol. The molecule has 1 saturated carbocycles. The first kappa shape index (κ1) is 23.3. The Hall–Kier alpha value is 0.0103. The summed E-state index contributed by atoms with van der Waals surface area (Å²) in [4.78, 5) is 0. The average Bonchev–Trinajstić information content (AvgIpc) is 3.08. The molecule has 4 rings (SSSR count). The van der Waals surface area contributed by atoms with E-state index in [2.05, 4.69) is 50.3 Å². The minimum Gasteiger partial charge on any atom is -1.00 e. The van der Waals surface area contributed by atoms with Crippen molar-refractivity contribution in [3.8, 4) is 0 Å². The summed E-state index contributed by atoms with van der Waals surface area (Å²) in [6.07, 6.45) is 3.67. The number of fused-ring (bicyclic) bond motifs is 1. The van der Waals surface area contributed by atoms with Crippen LogP contribution in [0.4, 0.5) is 0 Å². The van der Waals surface area contributed by atoms with Gasteiger partial charge in [0.2, 0.25) is 0 Å². The van der Waals surface area contributed by atoms with Crippen molar-refractivity contribution in [3.63, 3.8) is 0 Å². The first-order valence-corrected chi connectivity index (χ1v) is 12.6. The van der Waals surface area contributed by atoms with Gasteiger partial charge in [0.1, 0.15) is 0 Å². The molecule has 1 unspecified atom stereocenters. The molecule has 1 saturated heterocycles. The number of hydrogen-bond acceptors (Lipinski definition) is 2. The SMILES string of the molecule is CC1=C2CC3(COC(C)(C)OC3)CC2C[C]1[Si](C)(C)c1ccccc1.[Cl-].[Zn]. The van der Waals surface area contributed by atoms with Gasteiger partial charge in [-0.1, -0.05) is 59.8 Å². The number of allylic oxidation sites excluding steroid dienone is 2. The van der Waals surface area contributed by atoms with Gasteiger partial charge in [0.25, 0.3) is 0 Å². The van der Waals surface area contributed by atoms with Gasteiger partial charge in [0.15, 0.2) is 5.79 Å². The smallest absolute Gasteiger partial charge is 0.162 e. The van der Waals surface area contributed by atoms with Crippen LogP contribution in [0, 0.1) is 16.9 Å². The molecule has 1 aliphatic heterocycles. The summed E-state index contributed by atoms with van der Waals surface area (Å²) in [7, 11) is -1.56. The van der Waals surface area contributed by atoms with Crippen molar-refractivity contribution in [2.75, 3.05) is 13.2 Å².